The Morgan fingerprint density at radius 3 is 1.76 bits per heavy atom. The maximum atomic E-state index is 14.9. The van der Waals surface area contributed by atoms with Gasteiger partial charge < -0.3 is 44.5 Å². The number of pyridine rings is 2. The normalized spacial score (nSPS) is 16.0. The number of benzene rings is 2. The van der Waals surface area contributed by atoms with E-state index < -0.39 is 12.2 Å². The third kappa shape index (κ3) is 15.9. The number of ketones is 2. The van der Waals surface area contributed by atoms with Crippen molar-refractivity contribution in [3.05, 3.63) is 142 Å². The van der Waals surface area contributed by atoms with E-state index in [1.807, 2.05) is 30.9 Å². The summed E-state index contributed by atoms with van der Waals surface area (Å²) in [7, 11) is 0. The Balaban J connectivity index is 0.000000165. The molecule has 2 saturated carbocycles. The highest BCUT2D eigenvalue weighted by molar-refractivity contribution is 6.18. The minimum atomic E-state index is -0.671. The number of hydrogen-bond donors (Lipinski definition) is 5. The molecule has 2 atom stereocenters. The van der Waals surface area contributed by atoms with Gasteiger partial charge in [0.05, 0.1) is 23.6 Å². The number of alkyl halides is 1. The zero-order valence-electron chi connectivity index (χ0n) is 42.6. The molecule has 4 aromatic heterocycles. The summed E-state index contributed by atoms with van der Waals surface area (Å²) in [6, 6.07) is 14.6. The first kappa shape index (κ1) is 54.9. The van der Waals surface area contributed by atoms with Crippen molar-refractivity contribution in [1.29, 1.82) is 0 Å². The van der Waals surface area contributed by atoms with Crippen LogP contribution in [-0.4, -0.2) is 96.4 Å². The summed E-state index contributed by atoms with van der Waals surface area (Å²) in [5, 5.41) is 29.8. The molecule has 2 aliphatic heterocycles. The topological polar surface area (TPSA) is 210 Å². The van der Waals surface area contributed by atoms with Gasteiger partial charge in [-0.2, -0.15) is 0 Å². The minimum absolute atomic E-state index is 0.0128. The van der Waals surface area contributed by atoms with Gasteiger partial charge in [-0.3, -0.25) is 14.5 Å². The van der Waals surface area contributed by atoms with Gasteiger partial charge in [0.25, 0.3) is 0 Å². The maximum Gasteiger partial charge on any atom is 0.181 e. The molecule has 2 fully saturated rings. The van der Waals surface area contributed by atoms with E-state index in [4.69, 9.17) is 29.9 Å². The molecule has 6 heterocycles. The fourth-order valence-electron chi connectivity index (χ4n) is 8.96. The molecule has 0 radical (unpaired) electrons. The summed E-state index contributed by atoms with van der Waals surface area (Å²) in [5.74, 6) is 3.40. The standard InChI is InChI=1S/C28H33FN4O4.C14H19ClN2O2.C14H15FN2O2/c1-18-27(37-17-31-18)16-36-23-11-19-8-10-33(15-24(19)25(29)13-23)14-22(34)5-6-26(35)20-7-9-30-28(12-20)32-21-3-2-4-21;15-9-12(18)4-5-13(19)10-6-7-16-14(8-10)17-11-2-1-3-11;1-9-14(19-8-17-9)7-18-11-4-10-2-3-16-6-12(10)13(15)5-11/h7,9,11-13,17,21-22,34H,2-6,8,10,14-16H2,1H3,(H,30,32);6-8,11-12,18H,1-5,9H2,(H,16,17);4-5,8,16H,2-3,6-7H2,1H3/t22-;12-;/m00./s1. The number of aliphatic hydroxyl groups excluding tert-OH is 2. The number of ether oxygens (including phenoxy) is 2. The number of oxazole rings is 2. The number of aromatic nitrogens is 4. The Morgan fingerprint density at radius 1 is 0.747 bits per heavy atom. The second-order valence-corrected chi connectivity index (χ2v) is 19.9. The average Bonchev–Trinajstić information content (AvgIpc) is 4.02. The number of rotatable bonds is 21. The molecule has 19 heteroatoms. The monoisotopic (exact) mass is 1050 g/mol. The lowest BCUT2D eigenvalue weighted by molar-refractivity contribution is 0.0833. The maximum absolute atomic E-state index is 14.9. The van der Waals surface area contributed by atoms with Gasteiger partial charge in [-0.05, 0) is 132 Å². The highest BCUT2D eigenvalue weighted by Gasteiger charge is 2.25. The van der Waals surface area contributed by atoms with E-state index in [-0.39, 0.29) is 48.7 Å². The number of carbonyl (C=O) groups is 2. The highest BCUT2D eigenvalue weighted by atomic mass is 35.5. The van der Waals surface area contributed by atoms with Crippen LogP contribution in [0.25, 0.3) is 0 Å². The van der Waals surface area contributed by atoms with Gasteiger partial charge in [0.1, 0.15) is 48.0 Å². The molecule has 2 aliphatic carbocycles. The molecule has 2 aromatic carbocycles. The van der Waals surface area contributed by atoms with Gasteiger partial charge in [0, 0.05) is 104 Å². The summed E-state index contributed by atoms with van der Waals surface area (Å²) in [5.41, 5.74) is 6.09. The van der Waals surface area contributed by atoms with Crippen LogP contribution in [0, 0.1) is 25.5 Å². The second kappa shape index (κ2) is 27.0. The number of nitrogens with zero attached hydrogens (tertiary/aromatic N) is 5. The summed E-state index contributed by atoms with van der Waals surface area (Å²) in [6.45, 7) is 7.09. The smallest absolute Gasteiger partial charge is 0.181 e. The van der Waals surface area contributed by atoms with Crippen molar-refractivity contribution < 1.29 is 46.9 Å². The largest absolute Gasteiger partial charge is 0.485 e. The van der Waals surface area contributed by atoms with Gasteiger partial charge in [-0.1, -0.05) is 0 Å². The van der Waals surface area contributed by atoms with Crippen LogP contribution in [0.5, 0.6) is 11.5 Å². The molecular formula is C56H67ClF2N8O8. The van der Waals surface area contributed by atoms with E-state index in [2.05, 4.69) is 35.9 Å². The average molecular weight is 1050 g/mol. The third-order valence-corrected chi connectivity index (χ3v) is 14.4. The lowest BCUT2D eigenvalue weighted by Crippen LogP contribution is -2.37. The number of nitrogens with one attached hydrogen (secondary N) is 3. The van der Waals surface area contributed by atoms with E-state index in [1.165, 1.54) is 50.6 Å². The number of anilines is 2. The van der Waals surface area contributed by atoms with Gasteiger partial charge in [0.15, 0.2) is 35.9 Å². The van der Waals surface area contributed by atoms with Crippen molar-refractivity contribution in [1.82, 2.24) is 30.2 Å². The van der Waals surface area contributed by atoms with Crippen LogP contribution < -0.4 is 25.4 Å². The Labute approximate surface area is 441 Å². The van der Waals surface area contributed by atoms with E-state index in [0.29, 0.717) is 104 Å². The lowest BCUT2D eigenvalue weighted by atomic mass is 9.93. The fourth-order valence-corrected chi connectivity index (χ4v) is 9.11. The number of hydrogen-bond acceptors (Lipinski definition) is 16. The van der Waals surface area contributed by atoms with Crippen molar-refractivity contribution in [2.24, 2.45) is 0 Å². The van der Waals surface area contributed by atoms with Gasteiger partial charge in [-0.25, -0.2) is 28.7 Å². The van der Waals surface area contributed by atoms with Gasteiger partial charge >= 0.3 is 0 Å². The van der Waals surface area contributed by atoms with Crippen LogP contribution in [-0.2, 0) is 39.1 Å². The Hall–Kier alpha value is -6.31. The predicted octanol–water partition coefficient (Wildman–Crippen LogP) is 9.40. The van der Waals surface area contributed by atoms with E-state index in [0.717, 1.165) is 65.5 Å². The number of Topliss-reactive ketones (excluding diaryl/α,β-unsaturated/α-hetero) is 2. The van der Waals surface area contributed by atoms with E-state index in [1.54, 1.807) is 36.7 Å². The Kier molecular flexibility index (Phi) is 19.7. The fraction of sp³-hybridized carbons (Fsp3) is 0.464. The Morgan fingerprint density at radius 2 is 1.27 bits per heavy atom. The summed E-state index contributed by atoms with van der Waals surface area (Å²) >= 11 is 5.51. The van der Waals surface area contributed by atoms with Crippen molar-refractivity contribution in [3.63, 3.8) is 0 Å². The van der Waals surface area contributed by atoms with Gasteiger partial charge in [-0.15, -0.1) is 11.6 Å². The van der Waals surface area contributed by atoms with E-state index in [9.17, 15) is 28.6 Å². The van der Waals surface area contributed by atoms with Crippen LogP contribution >= 0.6 is 11.6 Å². The first-order chi connectivity index (χ1) is 36.4. The second-order valence-electron chi connectivity index (χ2n) is 19.6. The molecule has 0 saturated heterocycles. The van der Waals surface area contributed by atoms with Crippen molar-refractivity contribution in [3.8, 4) is 11.5 Å². The van der Waals surface area contributed by atoms with Crippen LogP contribution in [0.1, 0.15) is 130 Å². The zero-order chi connectivity index (χ0) is 52.7. The molecule has 0 bridgehead atoms. The quantitative estimate of drug-likeness (QED) is 0.0336. The molecule has 0 amide bonds. The Bertz CT molecular complexity index is 2840. The molecule has 5 N–H and O–H groups in total. The first-order valence-electron chi connectivity index (χ1n) is 25.9. The lowest BCUT2D eigenvalue weighted by Gasteiger charge is -2.31. The SMILES string of the molecule is Cc1ncoc1COc1cc(F)c2c(c1)CCN(C[C@@H](O)CCC(=O)c1ccnc(NC3CCC3)c1)C2.Cc1ncoc1COc1cc(F)c2c(c1)CCNC2.O=C(CC[C@H](O)CCl)c1ccnc(NC2CCC2)c1. The summed E-state index contributed by atoms with van der Waals surface area (Å²) in [6.07, 6.45) is 14.6. The molecule has 0 spiro atoms. The molecule has 75 heavy (non-hydrogen) atoms. The predicted molar refractivity (Wildman–Crippen MR) is 279 cm³/mol. The third-order valence-electron chi connectivity index (χ3n) is 14.0. The van der Waals surface area contributed by atoms with Crippen molar-refractivity contribution in [2.45, 2.75) is 141 Å². The molecule has 4 aliphatic rings. The molecule has 16 nitrogen and oxygen atoms in total. The van der Waals surface area contributed by atoms with Crippen LogP contribution in [0.4, 0.5) is 20.4 Å². The molecule has 6 aromatic rings. The van der Waals surface area contributed by atoms with Crippen molar-refractivity contribution in [2.75, 3.05) is 36.1 Å². The van der Waals surface area contributed by atoms with Crippen LogP contribution in [0.3, 0.4) is 0 Å². The molecule has 0 unspecified atom stereocenters. The van der Waals surface area contributed by atoms with Crippen LogP contribution in [0.2, 0.25) is 0 Å². The van der Waals surface area contributed by atoms with Crippen molar-refractivity contribution >= 4 is 34.8 Å². The molecule has 400 valence electrons. The number of halogens is 3. The highest BCUT2D eigenvalue weighted by Crippen LogP contribution is 2.30. The summed E-state index contributed by atoms with van der Waals surface area (Å²) < 4.78 is 50.6. The number of fused-ring (bicyclic) bond motifs is 2. The molecule has 10 rings (SSSR count). The zero-order valence-corrected chi connectivity index (χ0v) is 43.3. The summed E-state index contributed by atoms with van der Waals surface area (Å²) in [4.78, 5) is 43.3. The minimum Gasteiger partial charge on any atom is -0.485 e. The first-order valence-corrected chi connectivity index (χ1v) is 26.4. The number of carbonyl (C=O) groups excluding carboxylic acids is 2. The van der Waals surface area contributed by atoms with Crippen LogP contribution in [0.15, 0.2) is 82.5 Å². The van der Waals surface area contributed by atoms with E-state index >= 15 is 0 Å². The number of β-amino-alcohol motifs (C(OH)–C–C–N with tert-alkyl or cyclic N) is 1. The number of aryl methyl sites for hydroxylation is 2. The van der Waals surface area contributed by atoms with Gasteiger partial charge in [0.2, 0.25) is 0 Å². The number of aliphatic hydroxyl groups is 2. The molecular weight excluding hydrogens is 986 g/mol.